The molecule has 2 atom stereocenters. The average Bonchev–Trinajstić information content (AvgIpc) is 3.24. The van der Waals surface area contributed by atoms with E-state index in [2.05, 4.69) is 25.2 Å². The van der Waals surface area contributed by atoms with Crippen LogP contribution in [0.3, 0.4) is 0 Å². The third-order valence-electron chi connectivity index (χ3n) is 4.58. The van der Waals surface area contributed by atoms with Gasteiger partial charge in [0, 0.05) is 32.3 Å². The molecule has 8 heteroatoms. The second-order valence-electron chi connectivity index (χ2n) is 6.80. The standard InChI is InChI=1S/C18H25N5O3/c1-11(2)18-22-12(3)16(26-18)17(24)20-8-13-7-14(25-4)9-23(13)15-5-6-19-10-21-15/h5-6,10-11,13-14H,7-9H2,1-4H3,(H,20,24)/t13-,14-/m1/s1. The summed E-state index contributed by atoms with van der Waals surface area (Å²) in [6.45, 7) is 6.95. The maximum Gasteiger partial charge on any atom is 0.289 e. The monoisotopic (exact) mass is 359 g/mol. The number of ether oxygens (including phenoxy) is 1. The molecule has 1 fully saturated rings. The van der Waals surface area contributed by atoms with Gasteiger partial charge in [0.2, 0.25) is 5.76 Å². The van der Waals surface area contributed by atoms with E-state index in [9.17, 15) is 4.79 Å². The van der Waals surface area contributed by atoms with Crippen LogP contribution in [0.25, 0.3) is 0 Å². The number of aryl methyl sites for hydroxylation is 1. The van der Waals surface area contributed by atoms with E-state index in [0.717, 1.165) is 18.8 Å². The highest BCUT2D eigenvalue weighted by Crippen LogP contribution is 2.25. The molecule has 1 amide bonds. The highest BCUT2D eigenvalue weighted by molar-refractivity contribution is 5.92. The van der Waals surface area contributed by atoms with Crippen LogP contribution in [-0.4, -0.2) is 53.2 Å². The van der Waals surface area contributed by atoms with Crippen molar-refractivity contribution in [2.75, 3.05) is 25.1 Å². The quantitative estimate of drug-likeness (QED) is 0.842. The lowest BCUT2D eigenvalue weighted by atomic mass is 10.2. The number of nitrogens with zero attached hydrogens (tertiary/aromatic N) is 4. The van der Waals surface area contributed by atoms with Crippen LogP contribution in [0, 0.1) is 6.92 Å². The van der Waals surface area contributed by atoms with E-state index in [-0.39, 0.29) is 29.7 Å². The van der Waals surface area contributed by atoms with Crippen molar-refractivity contribution in [3.63, 3.8) is 0 Å². The lowest BCUT2D eigenvalue weighted by Crippen LogP contribution is -2.40. The second-order valence-corrected chi connectivity index (χ2v) is 6.80. The van der Waals surface area contributed by atoms with Gasteiger partial charge in [0.15, 0.2) is 5.89 Å². The first-order valence-corrected chi connectivity index (χ1v) is 8.80. The zero-order chi connectivity index (χ0) is 18.7. The number of hydrogen-bond acceptors (Lipinski definition) is 7. The first-order chi connectivity index (χ1) is 12.5. The van der Waals surface area contributed by atoms with Gasteiger partial charge in [-0.1, -0.05) is 13.8 Å². The molecule has 1 aliphatic rings. The summed E-state index contributed by atoms with van der Waals surface area (Å²) in [5, 5.41) is 2.97. The van der Waals surface area contributed by atoms with Crippen LogP contribution in [0.15, 0.2) is 23.0 Å². The molecule has 3 rings (SSSR count). The molecule has 2 aromatic heterocycles. The fourth-order valence-corrected chi connectivity index (χ4v) is 3.14. The third-order valence-corrected chi connectivity index (χ3v) is 4.58. The first kappa shape index (κ1) is 18.3. The molecule has 0 radical (unpaired) electrons. The van der Waals surface area contributed by atoms with Gasteiger partial charge in [0.1, 0.15) is 12.1 Å². The van der Waals surface area contributed by atoms with Crippen LogP contribution in [0.2, 0.25) is 0 Å². The summed E-state index contributed by atoms with van der Waals surface area (Å²) in [5.41, 5.74) is 0.611. The zero-order valence-corrected chi connectivity index (χ0v) is 15.6. The molecular weight excluding hydrogens is 334 g/mol. The van der Waals surface area contributed by atoms with Gasteiger partial charge < -0.3 is 19.4 Å². The SMILES string of the molecule is CO[C@@H]1C[C@H](CNC(=O)c2oc(C(C)C)nc2C)N(c2ccncn2)C1. The largest absolute Gasteiger partial charge is 0.435 e. The second kappa shape index (κ2) is 7.82. The molecule has 1 aliphatic heterocycles. The smallest absolute Gasteiger partial charge is 0.289 e. The molecule has 140 valence electrons. The average molecular weight is 359 g/mol. The molecule has 1 N–H and O–H groups in total. The number of carbonyl (C=O) groups excluding carboxylic acids is 1. The molecule has 2 aromatic rings. The lowest BCUT2D eigenvalue weighted by Gasteiger charge is -2.25. The highest BCUT2D eigenvalue weighted by atomic mass is 16.5. The molecule has 3 heterocycles. The normalized spacial score (nSPS) is 20.0. The molecule has 1 saturated heterocycles. The summed E-state index contributed by atoms with van der Waals surface area (Å²) in [4.78, 5) is 27.3. The Morgan fingerprint density at radius 2 is 2.31 bits per heavy atom. The Hall–Kier alpha value is -2.48. The highest BCUT2D eigenvalue weighted by Gasteiger charge is 2.33. The van der Waals surface area contributed by atoms with E-state index >= 15 is 0 Å². The maximum absolute atomic E-state index is 12.5. The Balaban J connectivity index is 1.68. The van der Waals surface area contributed by atoms with Crippen molar-refractivity contribution in [2.45, 2.75) is 45.3 Å². The summed E-state index contributed by atoms with van der Waals surface area (Å²) in [6.07, 6.45) is 4.15. The maximum atomic E-state index is 12.5. The van der Waals surface area contributed by atoms with Crippen molar-refractivity contribution in [2.24, 2.45) is 0 Å². The molecule has 0 unspecified atom stereocenters. The van der Waals surface area contributed by atoms with Crippen LogP contribution < -0.4 is 10.2 Å². The van der Waals surface area contributed by atoms with E-state index in [1.165, 1.54) is 6.33 Å². The first-order valence-electron chi connectivity index (χ1n) is 8.80. The van der Waals surface area contributed by atoms with Gasteiger partial charge in [-0.15, -0.1) is 0 Å². The fraction of sp³-hybridized carbons (Fsp3) is 0.556. The Labute approximate surface area is 153 Å². The van der Waals surface area contributed by atoms with Gasteiger partial charge in [-0.2, -0.15) is 0 Å². The summed E-state index contributed by atoms with van der Waals surface area (Å²) in [7, 11) is 1.70. The Morgan fingerprint density at radius 1 is 1.50 bits per heavy atom. The summed E-state index contributed by atoms with van der Waals surface area (Å²) in [5.74, 6) is 1.59. The van der Waals surface area contributed by atoms with Crippen LogP contribution >= 0.6 is 0 Å². The predicted molar refractivity (Wildman–Crippen MR) is 96.2 cm³/mol. The predicted octanol–water partition coefficient (Wildman–Crippen LogP) is 1.92. The summed E-state index contributed by atoms with van der Waals surface area (Å²) in [6, 6.07) is 1.95. The van der Waals surface area contributed by atoms with E-state index < -0.39 is 0 Å². The molecular formula is C18H25N5O3. The van der Waals surface area contributed by atoms with Crippen molar-refractivity contribution in [3.05, 3.63) is 35.9 Å². The summed E-state index contributed by atoms with van der Waals surface area (Å²) >= 11 is 0. The molecule has 0 aliphatic carbocycles. The molecule has 0 bridgehead atoms. The van der Waals surface area contributed by atoms with Crippen LogP contribution in [0.5, 0.6) is 0 Å². The number of rotatable bonds is 6. The molecule has 8 nitrogen and oxygen atoms in total. The van der Waals surface area contributed by atoms with Gasteiger partial charge >= 0.3 is 0 Å². The van der Waals surface area contributed by atoms with Gasteiger partial charge in [0.25, 0.3) is 5.91 Å². The molecule has 26 heavy (non-hydrogen) atoms. The zero-order valence-electron chi connectivity index (χ0n) is 15.6. The van der Waals surface area contributed by atoms with E-state index in [4.69, 9.17) is 9.15 Å². The van der Waals surface area contributed by atoms with E-state index in [1.54, 1.807) is 20.2 Å². The number of aromatic nitrogens is 3. The van der Waals surface area contributed by atoms with Crippen molar-refractivity contribution < 1.29 is 13.9 Å². The van der Waals surface area contributed by atoms with E-state index in [0.29, 0.717) is 18.1 Å². The van der Waals surface area contributed by atoms with Gasteiger partial charge in [-0.3, -0.25) is 4.79 Å². The molecule has 0 saturated carbocycles. The van der Waals surface area contributed by atoms with Crippen LogP contribution in [0.4, 0.5) is 5.82 Å². The number of oxazole rings is 1. The Morgan fingerprint density at radius 3 is 2.92 bits per heavy atom. The number of anilines is 1. The van der Waals surface area contributed by atoms with Crippen LogP contribution in [0.1, 0.15) is 48.3 Å². The number of nitrogens with one attached hydrogen (secondary N) is 1. The number of carbonyl (C=O) groups is 1. The number of methoxy groups -OCH3 is 1. The van der Waals surface area contributed by atoms with Crippen LogP contribution in [-0.2, 0) is 4.74 Å². The molecule has 0 aromatic carbocycles. The minimum atomic E-state index is -0.245. The van der Waals surface area contributed by atoms with Crippen molar-refractivity contribution in [3.8, 4) is 0 Å². The van der Waals surface area contributed by atoms with Crippen molar-refractivity contribution in [1.29, 1.82) is 0 Å². The summed E-state index contributed by atoms with van der Waals surface area (Å²) < 4.78 is 11.1. The number of amides is 1. The van der Waals surface area contributed by atoms with Crippen molar-refractivity contribution >= 4 is 11.7 Å². The third kappa shape index (κ3) is 3.85. The lowest BCUT2D eigenvalue weighted by molar-refractivity contribution is 0.0916. The van der Waals surface area contributed by atoms with Gasteiger partial charge in [-0.05, 0) is 19.4 Å². The Bertz CT molecular complexity index is 747. The van der Waals surface area contributed by atoms with Gasteiger partial charge in [-0.25, -0.2) is 15.0 Å². The van der Waals surface area contributed by atoms with Gasteiger partial charge in [0.05, 0.1) is 17.8 Å². The number of hydrogen-bond donors (Lipinski definition) is 1. The Kier molecular flexibility index (Phi) is 5.51. The fourth-order valence-electron chi connectivity index (χ4n) is 3.14. The minimum Gasteiger partial charge on any atom is -0.435 e. The topological polar surface area (TPSA) is 93.4 Å². The van der Waals surface area contributed by atoms with E-state index in [1.807, 2.05) is 19.9 Å². The minimum absolute atomic E-state index is 0.0894. The molecule has 0 spiro atoms. The van der Waals surface area contributed by atoms with Crippen molar-refractivity contribution in [1.82, 2.24) is 20.3 Å².